The molecule has 0 aliphatic rings. The molecular formula is C14H10Br2FNO2. The molecule has 0 aromatic heterocycles. The summed E-state index contributed by atoms with van der Waals surface area (Å²) in [5, 5.41) is 2.74. The molecule has 6 heteroatoms. The van der Waals surface area contributed by atoms with Crippen molar-refractivity contribution in [3.05, 3.63) is 56.7 Å². The summed E-state index contributed by atoms with van der Waals surface area (Å²) in [6.45, 7) is 0. The van der Waals surface area contributed by atoms with Crippen LogP contribution in [0.2, 0.25) is 0 Å². The van der Waals surface area contributed by atoms with Crippen LogP contribution in [0.15, 0.2) is 45.3 Å². The second-order valence-corrected chi connectivity index (χ2v) is 5.64. The van der Waals surface area contributed by atoms with Gasteiger partial charge in [-0.05, 0) is 62.2 Å². The smallest absolute Gasteiger partial charge is 0.255 e. The average Bonchev–Trinajstić information content (AvgIpc) is 2.42. The number of hydrogen-bond acceptors (Lipinski definition) is 2. The maximum Gasteiger partial charge on any atom is 0.255 e. The number of carbonyl (C=O) groups is 1. The lowest BCUT2D eigenvalue weighted by Crippen LogP contribution is -2.12. The maximum atomic E-state index is 12.8. The first-order valence-corrected chi connectivity index (χ1v) is 7.20. The van der Waals surface area contributed by atoms with Crippen LogP contribution in [0.1, 0.15) is 10.4 Å². The monoisotopic (exact) mass is 401 g/mol. The van der Waals surface area contributed by atoms with E-state index in [0.29, 0.717) is 21.5 Å². The van der Waals surface area contributed by atoms with E-state index in [4.69, 9.17) is 4.74 Å². The van der Waals surface area contributed by atoms with Gasteiger partial charge >= 0.3 is 0 Å². The van der Waals surface area contributed by atoms with Crippen LogP contribution in [-0.2, 0) is 0 Å². The zero-order valence-corrected chi connectivity index (χ0v) is 13.6. The van der Waals surface area contributed by atoms with Crippen molar-refractivity contribution in [3.8, 4) is 5.75 Å². The highest BCUT2D eigenvalue weighted by Gasteiger charge is 2.11. The second-order valence-electron chi connectivity index (χ2n) is 3.93. The maximum absolute atomic E-state index is 12.8. The zero-order chi connectivity index (χ0) is 14.7. The van der Waals surface area contributed by atoms with Crippen molar-refractivity contribution in [1.82, 2.24) is 0 Å². The van der Waals surface area contributed by atoms with Gasteiger partial charge in [-0.3, -0.25) is 4.79 Å². The predicted molar refractivity (Wildman–Crippen MR) is 82.7 cm³/mol. The number of hydrogen-bond donors (Lipinski definition) is 1. The predicted octanol–water partition coefficient (Wildman–Crippen LogP) is 4.61. The lowest BCUT2D eigenvalue weighted by molar-refractivity contribution is 0.102. The van der Waals surface area contributed by atoms with Crippen LogP contribution in [-0.4, -0.2) is 13.0 Å². The molecule has 0 radical (unpaired) electrons. The zero-order valence-electron chi connectivity index (χ0n) is 10.4. The van der Waals surface area contributed by atoms with Gasteiger partial charge in [-0.15, -0.1) is 0 Å². The van der Waals surface area contributed by atoms with Crippen molar-refractivity contribution in [3.63, 3.8) is 0 Å². The van der Waals surface area contributed by atoms with Crippen LogP contribution in [0.5, 0.6) is 5.75 Å². The molecule has 2 aromatic carbocycles. The summed E-state index contributed by atoms with van der Waals surface area (Å²) >= 11 is 6.71. The van der Waals surface area contributed by atoms with E-state index in [9.17, 15) is 9.18 Å². The third-order valence-electron chi connectivity index (χ3n) is 2.60. The molecule has 104 valence electrons. The van der Waals surface area contributed by atoms with E-state index in [0.717, 1.165) is 4.47 Å². The van der Waals surface area contributed by atoms with Crippen LogP contribution in [0, 0.1) is 5.82 Å². The Kier molecular flexibility index (Phi) is 4.77. The molecule has 2 aromatic rings. The highest BCUT2D eigenvalue weighted by Crippen LogP contribution is 2.34. The van der Waals surface area contributed by atoms with Crippen molar-refractivity contribution in [2.45, 2.75) is 0 Å². The fourth-order valence-electron chi connectivity index (χ4n) is 1.58. The minimum atomic E-state index is -0.381. The molecule has 0 spiro atoms. The van der Waals surface area contributed by atoms with Crippen molar-refractivity contribution >= 4 is 43.5 Å². The van der Waals surface area contributed by atoms with Crippen molar-refractivity contribution < 1.29 is 13.9 Å². The van der Waals surface area contributed by atoms with Gasteiger partial charge in [0.15, 0.2) is 0 Å². The van der Waals surface area contributed by atoms with Crippen LogP contribution >= 0.6 is 31.9 Å². The molecule has 20 heavy (non-hydrogen) atoms. The number of amides is 1. The molecule has 0 fully saturated rings. The van der Waals surface area contributed by atoms with Gasteiger partial charge in [-0.1, -0.05) is 0 Å². The molecule has 2 rings (SSSR count). The molecule has 1 amide bonds. The summed E-state index contributed by atoms with van der Waals surface area (Å²) in [6.07, 6.45) is 0. The normalized spacial score (nSPS) is 10.2. The highest BCUT2D eigenvalue weighted by atomic mass is 79.9. The van der Waals surface area contributed by atoms with Crippen LogP contribution in [0.25, 0.3) is 0 Å². The Morgan fingerprint density at radius 2 is 1.80 bits per heavy atom. The molecule has 0 aliphatic carbocycles. The summed E-state index contributed by atoms with van der Waals surface area (Å²) in [5.41, 5.74) is 0.944. The minimum Gasteiger partial charge on any atom is -0.495 e. The Balaban J connectivity index is 2.25. The van der Waals surface area contributed by atoms with E-state index < -0.39 is 0 Å². The lowest BCUT2D eigenvalue weighted by Gasteiger charge is -2.11. The molecule has 0 aliphatic heterocycles. The van der Waals surface area contributed by atoms with E-state index in [2.05, 4.69) is 37.2 Å². The number of halogens is 3. The third kappa shape index (κ3) is 3.37. The fourth-order valence-corrected chi connectivity index (χ4v) is 2.83. The molecule has 1 N–H and O–H groups in total. The molecule has 0 saturated heterocycles. The molecule has 0 saturated carbocycles. The molecule has 3 nitrogen and oxygen atoms in total. The van der Waals surface area contributed by atoms with Gasteiger partial charge in [0, 0.05) is 16.1 Å². The number of nitrogens with one attached hydrogen (secondary N) is 1. The number of carbonyl (C=O) groups excluding carboxylic acids is 1. The Hall–Kier alpha value is -1.40. The third-order valence-corrected chi connectivity index (χ3v) is 3.87. The Labute approximate surface area is 132 Å². The Morgan fingerprint density at radius 3 is 2.40 bits per heavy atom. The van der Waals surface area contributed by atoms with Crippen molar-refractivity contribution in [2.75, 3.05) is 12.4 Å². The first-order chi connectivity index (χ1) is 9.51. The van der Waals surface area contributed by atoms with Crippen LogP contribution < -0.4 is 10.1 Å². The summed E-state index contributed by atoms with van der Waals surface area (Å²) in [6, 6.07) is 8.80. The molecule has 0 unspecified atom stereocenters. The molecule has 0 atom stereocenters. The van der Waals surface area contributed by atoms with E-state index in [1.54, 1.807) is 19.2 Å². The SMILES string of the molecule is COc1cc(NC(=O)c2ccc(F)cc2)c(Br)cc1Br. The lowest BCUT2D eigenvalue weighted by atomic mass is 10.2. The van der Waals surface area contributed by atoms with Gasteiger partial charge in [-0.2, -0.15) is 0 Å². The van der Waals surface area contributed by atoms with E-state index in [1.807, 2.05) is 0 Å². The number of methoxy groups -OCH3 is 1. The number of rotatable bonds is 3. The second kappa shape index (κ2) is 6.37. The van der Waals surface area contributed by atoms with E-state index in [1.165, 1.54) is 24.3 Å². The largest absolute Gasteiger partial charge is 0.495 e. The van der Waals surface area contributed by atoms with E-state index in [-0.39, 0.29) is 11.7 Å². The fraction of sp³-hybridized carbons (Fsp3) is 0.0714. The topological polar surface area (TPSA) is 38.3 Å². The van der Waals surface area contributed by atoms with Crippen LogP contribution in [0.3, 0.4) is 0 Å². The number of benzene rings is 2. The van der Waals surface area contributed by atoms with Crippen molar-refractivity contribution in [2.24, 2.45) is 0 Å². The van der Waals surface area contributed by atoms with Gasteiger partial charge in [0.05, 0.1) is 17.3 Å². The van der Waals surface area contributed by atoms with Gasteiger partial charge < -0.3 is 10.1 Å². The summed E-state index contributed by atoms with van der Waals surface area (Å²) < 4.78 is 19.5. The quantitative estimate of drug-likeness (QED) is 0.813. The first-order valence-electron chi connectivity index (χ1n) is 5.61. The van der Waals surface area contributed by atoms with Gasteiger partial charge in [0.1, 0.15) is 11.6 Å². The Morgan fingerprint density at radius 1 is 1.15 bits per heavy atom. The minimum absolute atomic E-state index is 0.324. The first kappa shape index (κ1) is 15.0. The molecular weight excluding hydrogens is 393 g/mol. The molecule has 0 bridgehead atoms. The number of ether oxygens (including phenoxy) is 1. The molecule has 0 heterocycles. The highest BCUT2D eigenvalue weighted by molar-refractivity contribution is 9.11. The van der Waals surface area contributed by atoms with E-state index >= 15 is 0 Å². The average molecular weight is 403 g/mol. The van der Waals surface area contributed by atoms with Gasteiger partial charge in [0.2, 0.25) is 0 Å². The van der Waals surface area contributed by atoms with Crippen LogP contribution in [0.4, 0.5) is 10.1 Å². The van der Waals surface area contributed by atoms with Crippen molar-refractivity contribution in [1.29, 1.82) is 0 Å². The Bertz CT molecular complexity index is 644. The standard InChI is InChI=1S/C14H10Br2FNO2/c1-20-13-7-12(10(15)6-11(13)16)18-14(19)8-2-4-9(17)5-3-8/h2-7H,1H3,(H,18,19). The summed E-state index contributed by atoms with van der Waals surface area (Å²) in [4.78, 5) is 12.1. The summed E-state index contributed by atoms with van der Waals surface area (Å²) in [5.74, 6) is -0.106. The van der Waals surface area contributed by atoms with Gasteiger partial charge in [0.25, 0.3) is 5.91 Å². The summed E-state index contributed by atoms with van der Waals surface area (Å²) in [7, 11) is 1.54. The number of anilines is 1. The van der Waals surface area contributed by atoms with Gasteiger partial charge in [-0.25, -0.2) is 4.39 Å².